The van der Waals surface area contributed by atoms with Gasteiger partial charge in [0.25, 0.3) is 0 Å². The van der Waals surface area contributed by atoms with E-state index in [1.54, 1.807) is 24.3 Å². The Morgan fingerprint density at radius 1 is 1.32 bits per heavy atom. The van der Waals surface area contributed by atoms with Crippen LogP contribution in [-0.2, 0) is 0 Å². The summed E-state index contributed by atoms with van der Waals surface area (Å²) in [4.78, 5) is 15.9. The summed E-state index contributed by atoms with van der Waals surface area (Å²) in [6.07, 6.45) is 3.07. The van der Waals surface area contributed by atoms with Gasteiger partial charge in [0, 0.05) is 15.4 Å². The number of furan rings is 1. The molecule has 0 saturated heterocycles. The molecule has 2 aromatic heterocycles. The summed E-state index contributed by atoms with van der Waals surface area (Å²) in [6.45, 7) is 0. The Balaban J connectivity index is 2.38. The largest absolute Gasteiger partial charge is 0.478 e. The molecule has 1 N–H and O–H groups in total. The Labute approximate surface area is 116 Å². The average Bonchev–Trinajstić information content (AvgIpc) is 2.92. The Bertz CT molecular complexity index is 766. The number of carboxylic acids is 1. The molecule has 0 radical (unpaired) electrons. The van der Waals surface area contributed by atoms with Crippen molar-refractivity contribution in [2.45, 2.75) is 0 Å². The molecule has 94 valence electrons. The molecule has 0 unspecified atom stereocenters. The second kappa shape index (κ2) is 4.51. The summed E-state index contributed by atoms with van der Waals surface area (Å²) in [7, 11) is 0. The standard InChI is InChI=1S/C14H8BrNO3/c15-11-3-1-2-9-10(14(17)18)6-12(16-13(9)11)8-4-5-19-7-8/h1-7H,(H,17,18). The topological polar surface area (TPSA) is 63.3 Å². The number of fused-ring (bicyclic) bond motifs is 1. The van der Waals surface area contributed by atoms with Gasteiger partial charge in [0.1, 0.15) is 0 Å². The van der Waals surface area contributed by atoms with Gasteiger partial charge in [-0.3, -0.25) is 0 Å². The molecule has 4 nitrogen and oxygen atoms in total. The van der Waals surface area contributed by atoms with Crippen LogP contribution in [0, 0.1) is 0 Å². The number of benzene rings is 1. The number of rotatable bonds is 2. The monoisotopic (exact) mass is 317 g/mol. The molecule has 3 rings (SSSR count). The summed E-state index contributed by atoms with van der Waals surface area (Å²) in [5, 5.41) is 9.93. The van der Waals surface area contributed by atoms with Crippen LogP contribution in [0.1, 0.15) is 10.4 Å². The molecule has 0 aliphatic carbocycles. The van der Waals surface area contributed by atoms with Crippen LogP contribution in [-0.4, -0.2) is 16.1 Å². The molecule has 0 saturated carbocycles. The molecule has 0 atom stereocenters. The molecule has 2 heterocycles. The molecule has 3 aromatic rings. The SMILES string of the molecule is O=C(O)c1cc(-c2ccoc2)nc2c(Br)cccc12. The minimum atomic E-state index is -0.977. The van der Waals surface area contributed by atoms with Crippen molar-refractivity contribution in [3.63, 3.8) is 0 Å². The summed E-state index contributed by atoms with van der Waals surface area (Å²) in [5.74, 6) is -0.977. The van der Waals surface area contributed by atoms with Crippen molar-refractivity contribution < 1.29 is 14.3 Å². The zero-order valence-corrected chi connectivity index (χ0v) is 11.2. The molecule has 0 aliphatic heterocycles. The third-order valence-electron chi connectivity index (χ3n) is 2.84. The van der Waals surface area contributed by atoms with Gasteiger partial charge in [0.15, 0.2) is 0 Å². The van der Waals surface area contributed by atoms with Crippen LogP contribution in [0.25, 0.3) is 22.2 Å². The van der Waals surface area contributed by atoms with Crippen molar-refractivity contribution in [1.82, 2.24) is 4.98 Å². The fourth-order valence-electron chi connectivity index (χ4n) is 1.95. The minimum Gasteiger partial charge on any atom is -0.478 e. The third-order valence-corrected chi connectivity index (χ3v) is 3.48. The summed E-state index contributed by atoms with van der Waals surface area (Å²) < 4.78 is 5.77. The van der Waals surface area contributed by atoms with Crippen LogP contribution in [0.15, 0.2) is 51.7 Å². The fourth-order valence-corrected chi connectivity index (χ4v) is 2.40. The predicted octanol–water partition coefficient (Wildman–Crippen LogP) is 3.96. The molecule has 0 fully saturated rings. The van der Waals surface area contributed by atoms with E-state index in [1.807, 2.05) is 6.07 Å². The van der Waals surface area contributed by atoms with Gasteiger partial charge in [0.05, 0.1) is 29.3 Å². The summed E-state index contributed by atoms with van der Waals surface area (Å²) >= 11 is 3.40. The van der Waals surface area contributed by atoms with Gasteiger partial charge in [-0.2, -0.15) is 0 Å². The number of hydrogen-bond donors (Lipinski definition) is 1. The normalized spacial score (nSPS) is 10.8. The third kappa shape index (κ3) is 2.02. The van der Waals surface area contributed by atoms with E-state index in [1.165, 1.54) is 12.5 Å². The van der Waals surface area contributed by atoms with Gasteiger partial charge in [-0.05, 0) is 34.1 Å². The number of carbonyl (C=O) groups is 1. The highest BCUT2D eigenvalue weighted by Crippen LogP contribution is 2.29. The first-order chi connectivity index (χ1) is 9.16. The van der Waals surface area contributed by atoms with Crippen molar-refractivity contribution in [2.75, 3.05) is 0 Å². The van der Waals surface area contributed by atoms with Crippen molar-refractivity contribution in [3.8, 4) is 11.3 Å². The highest BCUT2D eigenvalue weighted by Gasteiger charge is 2.14. The summed E-state index contributed by atoms with van der Waals surface area (Å²) in [5.41, 5.74) is 2.17. The quantitative estimate of drug-likeness (QED) is 0.777. The van der Waals surface area contributed by atoms with Gasteiger partial charge in [-0.25, -0.2) is 9.78 Å². The predicted molar refractivity (Wildman–Crippen MR) is 74.1 cm³/mol. The van der Waals surface area contributed by atoms with E-state index < -0.39 is 5.97 Å². The lowest BCUT2D eigenvalue weighted by atomic mass is 10.1. The first-order valence-electron chi connectivity index (χ1n) is 5.52. The first-order valence-corrected chi connectivity index (χ1v) is 6.31. The molecule has 0 amide bonds. The van der Waals surface area contributed by atoms with Crippen LogP contribution in [0.2, 0.25) is 0 Å². The van der Waals surface area contributed by atoms with Gasteiger partial charge in [-0.1, -0.05) is 12.1 Å². The van der Waals surface area contributed by atoms with E-state index in [0.29, 0.717) is 16.6 Å². The maximum absolute atomic E-state index is 11.4. The van der Waals surface area contributed by atoms with Crippen molar-refractivity contribution in [2.24, 2.45) is 0 Å². The molecule has 19 heavy (non-hydrogen) atoms. The molecule has 0 bridgehead atoms. The van der Waals surface area contributed by atoms with E-state index in [9.17, 15) is 9.90 Å². The molecule has 0 aliphatic rings. The highest BCUT2D eigenvalue weighted by molar-refractivity contribution is 9.10. The Hall–Kier alpha value is -2.14. The smallest absolute Gasteiger partial charge is 0.336 e. The van der Waals surface area contributed by atoms with Crippen LogP contribution >= 0.6 is 15.9 Å². The lowest BCUT2D eigenvalue weighted by Crippen LogP contribution is -2.00. The zero-order chi connectivity index (χ0) is 13.4. The van der Waals surface area contributed by atoms with Crippen LogP contribution < -0.4 is 0 Å². The van der Waals surface area contributed by atoms with Gasteiger partial charge in [0.2, 0.25) is 0 Å². The first kappa shape index (κ1) is 11.9. The van der Waals surface area contributed by atoms with E-state index in [4.69, 9.17) is 4.42 Å². The van der Waals surface area contributed by atoms with E-state index in [-0.39, 0.29) is 5.56 Å². The minimum absolute atomic E-state index is 0.225. The van der Waals surface area contributed by atoms with Crippen molar-refractivity contribution in [3.05, 3.63) is 52.9 Å². The molecular formula is C14H8BrNO3. The molecule has 5 heteroatoms. The Morgan fingerprint density at radius 2 is 2.16 bits per heavy atom. The van der Waals surface area contributed by atoms with Crippen molar-refractivity contribution >= 4 is 32.8 Å². The number of halogens is 1. The van der Waals surface area contributed by atoms with E-state index in [0.717, 1.165) is 10.0 Å². The number of para-hydroxylation sites is 1. The number of aromatic carboxylic acids is 1. The zero-order valence-electron chi connectivity index (χ0n) is 9.63. The van der Waals surface area contributed by atoms with Crippen LogP contribution in [0.5, 0.6) is 0 Å². The summed E-state index contributed by atoms with van der Waals surface area (Å²) in [6, 6.07) is 8.67. The molecule has 0 spiro atoms. The lowest BCUT2D eigenvalue weighted by molar-refractivity contribution is 0.0699. The van der Waals surface area contributed by atoms with Crippen molar-refractivity contribution in [1.29, 1.82) is 0 Å². The van der Waals surface area contributed by atoms with Gasteiger partial charge < -0.3 is 9.52 Å². The second-order valence-corrected chi connectivity index (χ2v) is 4.86. The van der Waals surface area contributed by atoms with Gasteiger partial charge >= 0.3 is 5.97 Å². The molecular weight excluding hydrogens is 310 g/mol. The maximum Gasteiger partial charge on any atom is 0.336 e. The average molecular weight is 318 g/mol. The Morgan fingerprint density at radius 3 is 2.84 bits per heavy atom. The van der Waals surface area contributed by atoms with Crippen LogP contribution in [0.4, 0.5) is 0 Å². The number of pyridine rings is 1. The van der Waals surface area contributed by atoms with Gasteiger partial charge in [-0.15, -0.1) is 0 Å². The number of hydrogen-bond acceptors (Lipinski definition) is 3. The van der Waals surface area contributed by atoms with Crippen LogP contribution in [0.3, 0.4) is 0 Å². The van der Waals surface area contributed by atoms with E-state index in [2.05, 4.69) is 20.9 Å². The second-order valence-electron chi connectivity index (χ2n) is 4.01. The number of aromatic nitrogens is 1. The highest BCUT2D eigenvalue weighted by atomic mass is 79.9. The maximum atomic E-state index is 11.4. The lowest BCUT2D eigenvalue weighted by Gasteiger charge is -2.06. The Kier molecular flexibility index (Phi) is 2.83. The molecule has 1 aromatic carbocycles. The number of carboxylic acid groups (broad SMARTS) is 1. The van der Waals surface area contributed by atoms with E-state index >= 15 is 0 Å². The fraction of sp³-hybridized carbons (Fsp3) is 0. The number of nitrogens with zero attached hydrogens (tertiary/aromatic N) is 1.